The smallest absolute Gasteiger partial charge is 0.313 e. The number of hydrogen-bond donors (Lipinski definition) is 1. The lowest BCUT2D eigenvalue weighted by atomic mass is 9.94. The molecule has 9 heteroatoms. The number of amides is 1. The maximum atomic E-state index is 12.6. The minimum atomic E-state index is -0.815. The topological polar surface area (TPSA) is 113 Å². The molecule has 33 heavy (non-hydrogen) atoms. The molecule has 9 nitrogen and oxygen atoms in total. The van der Waals surface area contributed by atoms with Crippen molar-refractivity contribution in [3.8, 4) is 5.75 Å². The third kappa shape index (κ3) is 7.78. The van der Waals surface area contributed by atoms with Crippen molar-refractivity contribution in [3.05, 3.63) is 47.8 Å². The second kappa shape index (κ2) is 13.0. The van der Waals surface area contributed by atoms with Gasteiger partial charge in [0, 0.05) is 30.9 Å². The highest BCUT2D eigenvalue weighted by Crippen LogP contribution is 2.32. The van der Waals surface area contributed by atoms with Crippen LogP contribution in [0.25, 0.3) is 0 Å². The lowest BCUT2D eigenvalue weighted by Crippen LogP contribution is -2.18. The summed E-state index contributed by atoms with van der Waals surface area (Å²) in [4.78, 5) is 46.6. The van der Waals surface area contributed by atoms with Crippen molar-refractivity contribution in [1.82, 2.24) is 4.57 Å². The van der Waals surface area contributed by atoms with Crippen LogP contribution in [0.3, 0.4) is 0 Å². The molecule has 0 aliphatic carbocycles. The summed E-state index contributed by atoms with van der Waals surface area (Å²) in [6, 6.07) is 7.60. The fourth-order valence-corrected chi connectivity index (χ4v) is 3.49. The van der Waals surface area contributed by atoms with Crippen molar-refractivity contribution in [3.63, 3.8) is 0 Å². The van der Waals surface area contributed by atoms with Crippen LogP contribution in [0.15, 0.2) is 36.7 Å². The summed E-state index contributed by atoms with van der Waals surface area (Å²) in [6.45, 7) is 2.97. The minimum Gasteiger partial charge on any atom is -0.494 e. The molecule has 178 valence electrons. The van der Waals surface area contributed by atoms with E-state index in [1.165, 1.54) is 14.2 Å². The number of aldehydes is 1. The third-order valence-electron chi connectivity index (χ3n) is 5.09. The van der Waals surface area contributed by atoms with Crippen LogP contribution in [-0.4, -0.2) is 49.5 Å². The molecule has 1 aromatic heterocycles. The Morgan fingerprint density at radius 2 is 1.79 bits per heavy atom. The van der Waals surface area contributed by atoms with Crippen LogP contribution in [0.5, 0.6) is 5.75 Å². The van der Waals surface area contributed by atoms with E-state index in [0.29, 0.717) is 43.7 Å². The molecule has 0 radical (unpaired) electrons. The second-order valence-corrected chi connectivity index (χ2v) is 7.38. The van der Waals surface area contributed by atoms with E-state index in [0.717, 1.165) is 11.3 Å². The number of ether oxygens (including phenoxy) is 3. The zero-order chi connectivity index (χ0) is 24.2. The van der Waals surface area contributed by atoms with E-state index in [9.17, 15) is 19.2 Å². The first-order valence-electron chi connectivity index (χ1n) is 10.7. The summed E-state index contributed by atoms with van der Waals surface area (Å²) in [5, 5.41) is 2.54. The fourth-order valence-electron chi connectivity index (χ4n) is 3.49. The molecule has 1 aromatic carbocycles. The van der Waals surface area contributed by atoms with Gasteiger partial charge in [-0.1, -0.05) is 18.6 Å². The highest BCUT2D eigenvalue weighted by molar-refractivity contribution is 6.29. The Kier molecular flexibility index (Phi) is 10.1. The van der Waals surface area contributed by atoms with Crippen LogP contribution < -0.4 is 10.1 Å². The number of nitrogens with zero attached hydrogens (tertiary/aromatic N) is 1. The zero-order valence-corrected chi connectivity index (χ0v) is 19.2. The molecule has 0 spiro atoms. The Hall–Kier alpha value is -3.62. The molecular weight excluding hydrogens is 428 g/mol. The van der Waals surface area contributed by atoms with Crippen molar-refractivity contribution in [1.29, 1.82) is 0 Å². The van der Waals surface area contributed by atoms with Crippen LogP contribution in [0, 0.1) is 0 Å². The number of anilines is 1. The Bertz CT molecular complexity index is 950. The van der Waals surface area contributed by atoms with Gasteiger partial charge in [0.25, 0.3) is 5.91 Å². The van der Waals surface area contributed by atoms with Crippen LogP contribution in [0.4, 0.5) is 5.69 Å². The molecule has 0 fully saturated rings. The molecule has 0 saturated carbocycles. The number of aromatic nitrogens is 1. The van der Waals surface area contributed by atoms with Gasteiger partial charge in [-0.25, -0.2) is 0 Å². The first-order chi connectivity index (χ1) is 15.9. The summed E-state index contributed by atoms with van der Waals surface area (Å²) in [7, 11) is 2.62. The largest absolute Gasteiger partial charge is 0.494 e. The van der Waals surface area contributed by atoms with Gasteiger partial charge in [0.05, 0.1) is 32.4 Å². The molecule has 0 saturated heterocycles. The summed E-state index contributed by atoms with van der Waals surface area (Å²) in [5.41, 5.74) is 1.89. The predicted octanol–water partition coefficient (Wildman–Crippen LogP) is 3.06. The van der Waals surface area contributed by atoms with Crippen molar-refractivity contribution < 1.29 is 33.4 Å². The van der Waals surface area contributed by atoms with Gasteiger partial charge in [0.15, 0.2) is 0 Å². The maximum absolute atomic E-state index is 12.6. The number of rotatable bonds is 13. The van der Waals surface area contributed by atoms with Gasteiger partial charge in [-0.15, -0.1) is 0 Å². The van der Waals surface area contributed by atoms with E-state index in [1.54, 1.807) is 12.4 Å². The molecular formula is C24H30N2O7. The van der Waals surface area contributed by atoms with Gasteiger partial charge in [-0.3, -0.25) is 19.2 Å². The molecule has 1 unspecified atom stereocenters. The Morgan fingerprint density at radius 1 is 1.06 bits per heavy atom. The molecule has 1 amide bonds. The number of carbonyl (C=O) groups excluding carboxylic acids is 4. The van der Waals surface area contributed by atoms with Crippen LogP contribution >= 0.6 is 0 Å². The first kappa shape index (κ1) is 25.6. The quantitative estimate of drug-likeness (QED) is 0.212. The number of esters is 2. The molecule has 0 aliphatic rings. The number of benzene rings is 1. The van der Waals surface area contributed by atoms with Gasteiger partial charge in [0.2, 0.25) is 6.29 Å². The van der Waals surface area contributed by atoms with Crippen LogP contribution in [0.1, 0.15) is 49.7 Å². The van der Waals surface area contributed by atoms with Gasteiger partial charge >= 0.3 is 11.9 Å². The SMILES string of the molecule is CCOc1ccc(Cn2cc(NC(=O)C=O)c(C(CCCCC(=O)OC)C(=O)OC)c2)cc1. The molecule has 1 heterocycles. The molecule has 0 aliphatic heterocycles. The summed E-state index contributed by atoms with van der Waals surface area (Å²) in [5.74, 6) is -1.50. The molecule has 0 bridgehead atoms. The third-order valence-corrected chi connectivity index (χ3v) is 5.09. The lowest BCUT2D eigenvalue weighted by molar-refractivity contribution is -0.142. The fraction of sp³-hybridized carbons (Fsp3) is 0.417. The van der Waals surface area contributed by atoms with Gasteiger partial charge in [0.1, 0.15) is 5.75 Å². The average molecular weight is 459 g/mol. The first-order valence-corrected chi connectivity index (χ1v) is 10.7. The van der Waals surface area contributed by atoms with Gasteiger partial charge in [-0.05, 0) is 37.5 Å². The second-order valence-electron chi connectivity index (χ2n) is 7.38. The summed E-state index contributed by atoms with van der Waals surface area (Å²) < 4.78 is 16.9. The van der Waals surface area contributed by atoms with E-state index in [4.69, 9.17) is 9.47 Å². The minimum absolute atomic E-state index is 0.178. The monoisotopic (exact) mass is 458 g/mol. The molecule has 2 aromatic rings. The zero-order valence-electron chi connectivity index (χ0n) is 19.2. The highest BCUT2D eigenvalue weighted by Gasteiger charge is 2.26. The van der Waals surface area contributed by atoms with E-state index in [1.807, 2.05) is 35.8 Å². The molecule has 1 atom stereocenters. The number of nitrogens with one attached hydrogen (secondary N) is 1. The van der Waals surface area contributed by atoms with Crippen LogP contribution in [-0.2, 0) is 35.2 Å². The standard InChI is InChI=1S/C24H30N2O7/c1-4-33-18-11-9-17(10-12-18)13-26-14-20(21(15-26)25-22(28)16-27)19(24(30)32-3)7-5-6-8-23(29)31-2/h9-12,14-16,19H,4-8,13H2,1-3H3,(H,25,28). The Labute approximate surface area is 193 Å². The van der Waals surface area contributed by atoms with Crippen molar-refractivity contribution in [2.24, 2.45) is 0 Å². The Balaban J connectivity index is 2.26. The molecule has 2 rings (SSSR count). The number of hydrogen-bond acceptors (Lipinski definition) is 7. The Morgan fingerprint density at radius 3 is 2.39 bits per heavy atom. The van der Waals surface area contributed by atoms with Crippen molar-refractivity contribution in [2.45, 2.75) is 45.1 Å². The van der Waals surface area contributed by atoms with E-state index < -0.39 is 17.8 Å². The van der Waals surface area contributed by atoms with Crippen molar-refractivity contribution >= 4 is 29.8 Å². The molecule has 1 N–H and O–H groups in total. The van der Waals surface area contributed by atoms with Gasteiger partial charge < -0.3 is 24.1 Å². The van der Waals surface area contributed by atoms with Crippen molar-refractivity contribution in [2.75, 3.05) is 26.1 Å². The van der Waals surface area contributed by atoms with E-state index in [-0.39, 0.29) is 18.7 Å². The normalized spacial score (nSPS) is 11.4. The predicted molar refractivity (Wildman–Crippen MR) is 121 cm³/mol. The summed E-state index contributed by atoms with van der Waals surface area (Å²) >= 11 is 0. The summed E-state index contributed by atoms with van der Waals surface area (Å²) in [6.07, 6.45) is 5.38. The number of carbonyl (C=O) groups is 4. The van der Waals surface area contributed by atoms with E-state index in [2.05, 4.69) is 10.1 Å². The maximum Gasteiger partial charge on any atom is 0.313 e. The highest BCUT2D eigenvalue weighted by atomic mass is 16.5. The van der Waals surface area contributed by atoms with Crippen LogP contribution in [0.2, 0.25) is 0 Å². The lowest BCUT2D eigenvalue weighted by Gasteiger charge is -2.15. The van der Waals surface area contributed by atoms with E-state index >= 15 is 0 Å². The number of unbranched alkanes of at least 4 members (excludes halogenated alkanes) is 1. The number of methoxy groups -OCH3 is 2. The van der Waals surface area contributed by atoms with Gasteiger partial charge in [-0.2, -0.15) is 0 Å². The average Bonchev–Trinajstić information content (AvgIpc) is 3.21.